The summed E-state index contributed by atoms with van der Waals surface area (Å²) in [4.78, 5) is 6.53. The maximum atomic E-state index is 5.99. The van der Waals surface area contributed by atoms with Crippen LogP contribution in [-0.4, -0.2) is 55.4 Å². The quantitative estimate of drug-likeness (QED) is 0.568. The fraction of sp³-hybridized carbons (Fsp3) is 0.917. The van der Waals surface area contributed by atoms with Crippen molar-refractivity contribution in [2.75, 3.05) is 26.2 Å². The minimum atomic E-state index is 0.236. The third-order valence-electron chi connectivity index (χ3n) is 3.34. The Morgan fingerprint density at radius 3 is 2.82 bits per heavy atom. The molecule has 0 aromatic carbocycles. The van der Waals surface area contributed by atoms with Gasteiger partial charge in [-0.25, -0.2) is 0 Å². The van der Waals surface area contributed by atoms with Gasteiger partial charge in [0.25, 0.3) is 0 Å². The van der Waals surface area contributed by atoms with Crippen LogP contribution in [0.2, 0.25) is 0 Å². The Hall–Kier alpha value is -0.810. The van der Waals surface area contributed by atoms with Gasteiger partial charge in [-0.2, -0.15) is 0 Å². The molecule has 2 saturated heterocycles. The van der Waals surface area contributed by atoms with Gasteiger partial charge in [0.2, 0.25) is 0 Å². The van der Waals surface area contributed by atoms with E-state index in [0.717, 1.165) is 32.5 Å². The number of ether oxygens (including phenoxy) is 2. The van der Waals surface area contributed by atoms with Crippen molar-refractivity contribution in [2.24, 2.45) is 10.7 Å². The highest BCUT2D eigenvalue weighted by atomic mass is 16.5. The highest BCUT2D eigenvalue weighted by Crippen LogP contribution is 2.19. The van der Waals surface area contributed by atoms with Crippen molar-refractivity contribution in [1.82, 2.24) is 4.90 Å². The second-order valence-electron chi connectivity index (χ2n) is 4.97. The Balaban J connectivity index is 1.80. The van der Waals surface area contributed by atoms with Gasteiger partial charge in [0.15, 0.2) is 5.96 Å². The van der Waals surface area contributed by atoms with Crippen LogP contribution in [0.15, 0.2) is 4.99 Å². The van der Waals surface area contributed by atoms with Gasteiger partial charge in [-0.1, -0.05) is 0 Å². The van der Waals surface area contributed by atoms with Crippen molar-refractivity contribution in [3.8, 4) is 0 Å². The molecule has 2 aliphatic heterocycles. The molecule has 2 N–H and O–H groups in total. The molecule has 0 aromatic heterocycles. The van der Waals surface area contributed by atoms with E-state index >= 15 is 0 Å². The maximum Gasteiger partial charge on any atom is 0.191 e. The standard InChI is InChI=1S/C12H23N3O2/c1-9-3-4-11(17-9)7-14-12(13)15-5-6-16-10(2)8-15/h9-11H,3-8H2,1-2H3,(H2,13,14). The normalized spacial score (nSPS) is 35.3. The molecular weight excluding hydrogens is 218 g/mol. The molecular formula is C12H23N3O2. The summed E-state index contributed by atoms with van der Waals surface area (Å²) in [5, 5.41) is 0. The molecule has 98 valence electrons. The predicted octanol–water partition coefficient (Wildman–Crippen LogP) is 0.589. The summed E-state index contributed by atoms with van der Waals surface area (Å²) in [6.45, 7) is 7.24. The van der Waals surface area contributed by atoms with E-state index in [-0.39, 0.29) is 12.2 Å². The number of nitrogens with two attached hydrogens (primary N) is 1. The zero-order valence-corrected chi connectivity index (χ0v) is 10.8. The first kappa shape index (κ1) is 12.6. The monoisotopic (exact) mass is 241 g/mol. The van der Waals surface area contributed by atoms with E-state index < -0.39 is 0 Å². The molecule has 0 spiro atoms. The van der Waals surface area contributed by atoms with Crippen molar-refractivity contribution in [2.45, 2.75) is 45.0 Å². The molecule has 0 aromatic rings. The summed E-state index contributed by atoms with van der Waals surface area (Å²) in [7, 11) is 0. The average Bonchev–Trinajstić information content (AvgIpc) is 2.72. The molecule has 17 heavy (non-hydrogen) atoms. The average molecular weight is 241 g/mol. The Bertz CT molecular complexity index is 283. The molecule has 2 rings (SSSR count). The number of morpholine rings is 1. The van der Waals surface area contributed by atoms with Gasteiger partial charge in [-0.3, -0.25) is 4.99 Å². The molecule has 2 heterocycles. The van der Waals surface area contributed by atoms with E-state index in [9.17, 15) is 0 Å². The zero-order valence-electron chi connectivity index (χ0n) is 10.8. The first-order chi connectivity index (χ1) is 8.15. The number of nitrogens with zero attached hydrogens (tertiary/aromatic N) is 2. The Labute approximate surface area is 103 Å². The van der Waals surface area contributed by atoms with E-state index in [1.54, 1.807) is 0 Å². The molecule has 2 fully saturated rings. The molecule has 0 aliphatic carbocycles. The van der Waals surface area contributed by atoms with Gasteiger partial charge >= 0.3 is 0 Å². The Morgan fingerprint density at radius 2 is 2.18 bits per heavy atom. The molecule has 5 heteroatoms. The van der Waals surface area contributed by atoms with Crippen LogP contribution in [0.25, 0.3) is 0 Å². The van der Waals surface area contributed by atoms with Crippen LogP contribution >= 0.6 is 0 Å². The first-order valence-corrected chi connectivity index (χ1v) is 6.47. The first-order valence-electron chi connectivity index (χ1n) is 6.47. The summed E-state index contributed by atoms with van der Waals surface area (Å²) in [5.41, 5.74) is 5.99. The summed E-state index contributed by atoms with van der Waals surface area (Å²) >= 11 is 0. The van der Waals surface area contributed by atoms with Crippen molar-refractivity contribution in [1.29, 1.82) is 0 Å². The smallest absolute Gasteiger partial charge is 0.191 e. The lowest BCUT2D eigenvalue weighted by atomic mass is 10.2. The van der Waals surface area contributed by atoms with Crippen molar-refractivity contribution in [3.63, 3.8) is 0 Å². The fourth-order valence-corrected chi connectivity index (χ4v) is 2.34. The van der Waals surface area contributed by atoms with Crippen molar-refractivity contribution < 1.29 is 9.47 Å². The molecule has 3 atom stereocenters. The second-order valence-corrected chi connectivity index (χ2v) is 4.97. The van der Waals surface area contributed by atoms with Crippen LogP contribution in [0, 0.1) is 0 Å². The molecule has 0 bridgehead atoms. The predicted molar refractivity (Wildman–Crippen MR) is 67.0 cm³/mol. The van der Waals surface area contributed by atoms with Gasteiger partial charge in [0.1, 0.15) is 0 Å². The second kappa shape index (κ2) is 5.69. The van der Waals surface area contributed by atoms with Gasteiger partial charge in [-0.15, -0.1) is 0 Å². The van der Waals surface area contributed by atoms with E-state index in [2.05, 4.69) is 23.7 Å². The highest BCUT2D eigenvalue weighted by Gasteiger charge is 2.22. The molecule has 5 nitrogen and oxygen atoms in total. The van der Waals surface area contributed by atoms with Gasteiger partial charge in [0.05, 0.1) is 31.5 Å². The SMILES string of the molecule is CC1CN(C(N)=NCC2CCC(C)O2)CCO1. The van der Waals surface area contributed by atoms with Gasteiger partial charge in [-0.05, 0) is 26.7 Å². The van der Waals surface area contributed by atoms with E-state index in [1.165, 1.54) is 0 Å². The zero-order chi connectivity index (χ0) is 12.3. The summed E-state index contributed by atoms with van der Waals surface area (Å²) in [6, 6.07) is 0. The third-order valence-corrected chi connectivity index (χ3v) is 3.34. The lowest BCUT2D eigenvalue weighted by molar-refractivity contribution is 0.00511. The van der Waals surface area contributed by atoms with Crippen LogP contribution in [0.1, 0.15) is 26.7 Å². The molecule has 0 amide bonds. The lowest BCUT2D eigenvalue weighted by Gasteiger charge is -2.31. The number of guanidine groups is 1. The third kappa shape index (κ3) is 3.57. The van der Waals surface area contributed by atoms with E-state index in [4.69, 9.17) is 15.2 Å². The van der Waals surface area contributed by atoms with Crippen LogP contribution in [0.3, 0.4) is 0 Å². The Morgan fingerprint density at radius 1 is 1.35 bits per heavy atom. The Kier molecular flexibility index (Phi) is 4.23. The van der Waals surface area contributed by atoms with E-state index in [0.29, 0.717) is 18.6 Å². The maximum absolute atomic E-state index is 5.99. The topological polar surface area (TPSA) is 60.1 Å². The highest BCUT2D eigenvalue weighted by molar-refractivity contribution is 5.78. The molecule has 2 aliphatic rings. The summed E-state index contributed by atoms with van der Waals surface area (Å²) < 4.78 is 11.2. The fourth-order valence-electron chi connectivity index (χ4n) is 2.34. The van der Waals surface area contributed by atoms with Crippen molar-refractivity contribution in [3.05, 3.63) is 0 Å². The summed E-state index contributed by atoms with van der Waals surface area (Å²) in [5.74, 6) is 0.628. The minimum Gasteiger partial charge on any atom is -0.375 e. The summed E-state index contributed by atoms with van der Waals surface area (Å²) in [6.07, 6.45) is 3.09. The molecule has 0 radical (unpaired) electrons. The van der Waals surface area contributed by atoms with Crippen LogP contribution < -0.4 is 5.73 Å². The molecule has 0 saturated carbocycles. The number of aliphatic imine (C=N–C) groups is 1. The van der Waals surface area contributed by atoms with E-state index in [1.807, 2.05) is 0 Å². The number of hydrogen-bond donors (Lipinski definition) is 1. The number of hydrogen-bond acceptors (Lipinski definition) is 3. The number of rotatable bonds is 2. The van der Waals surface area contributed by atoms with Crippen LogP contribution in [-0.2, 0) is 9.47 Å². The van der Waals surface area contributed by atoms with Gasteiger partial charge in [0, 0.05) is 13.1 Å². The molecule has 3 unspecified atom stereocenters. The lowest BCUT2D eigenvalue weighted by Crippen LogP contribution is -2.48. The van der Waals surface area contributed by atoms with Gasteiger partial charge < -0.3 is 20.1 Å². The van der Waals surface area contributed by atoms with Crippen LogP contribution in [0.5, 0.6) is 0 Å². The largest absolute Gasteiger partial charge is 0.375 e. The minimum absolute atomic E-state index is 0.236. The van der Waals surface area contributed by atoms with Crippen LogP contribution in [0.4, 0.5) is 0 Å². The van der Waals surface area contributed by atoms with Crippen molar-refractivity contribution >= 4 is 5.96 Å².